The van der Waals surface area contributed by atoms with Crippen molar-refractivity contribution in [2.24, 2.45) is 0 Å². The molecular formula is C18H22ClN3O3S. The summed E-state index contributed by atoms with van der Waals surface area (Å²) in [6, 6.07) is 10.9. The van der Waals surface area contributed by atoms with Crippen molar-refractivity contribution in [2.45, 2.75) is 36.7 Å². The molecule has 0 radical (unpaired) electrons. The molecule has 2 aromatic rings. The van der Waals surface area contributed by atoms with E-state index in [-0.39, 0.29) is 41.8 Å². The van der Waals surface area contributed by atoms with Gasteiger partial charge in [-0.3, -0.25) is 9.10 Å². The smallest absolute Gasteiger partial charge is 0.265 e. The fraction of sp³-hybridized carbons (Fsp3) is 0.389. The number of carbonyl (C=O) groups excluding carboxylic acids is 1. The molecule has 2 aromatic carbocycles. The van der Waals surface area contributed by atoms with Gasteiger partial charge in [0.15, 0.2) is 0 Å². The molecule has 0 spiro atoms. The first-order valence-corrected chi connectivity index (χ1v) is 10.00. The molecule has 1 fully saturated rings. The average molecular weight is 396 g/mol. The number of carbonyl (C=O) groups is 1. The van der Waals surface area contributed by atoms with E-state index in [1.807, 2.05) is 25.1 Å². The number of hydrogen-bond donors (Lipinski definition) is 2. The molecule has 0 aliphatic carbocycles. The zero-order valence-corrected chi connectivity index (χ0v) is 16.1. The van der Waals surface area contributed by atoms with Gasteiger partial charge in [0.2, 0.25) is 5.91 Å². The summed E-state index contributed by atoms with van der Waals surface area (Å²) < 4.78 is 27.0. The van der Waals surface area contributed by atoms with Crippen LogP contribution >= 0.6 is 12.4 Å². The van der Waals surface area contributed by atoms with Crippen molar-refractivity contribution in [3.8, 4) is 0 Å². The van der Waals surface area contributed by atoms with Crippen LogP contribution in [0.15, 0.2) is 41.3 Å². The molecule has 0 aromatic heterocycles. The second-order valence-corrected chi connectivity index (χ2v) is 8.53. The van der Waals surface area contributed by atoms with Crippen molar-refractivity contribution in [3.63, 3.8) is 0 Å². The minimum atomic E-state index is -3.69. The number of amides is 1. The van der Waals surface area contributed by atoms with Crippen LogP contribution in [0.1, 0.15) is 19.8 Å². The van der Waals surface area contributed by atoms with Crippen molar-refractivity contribution < 1.29 is 13.2 Å². The molecule has 2 aliphatic rings. The first-order valence-electron chi connectivity index (χ1n) is 8.56. The highest BCUT2D eigenvalue weighted by Crippen LogP contribution is 2.41. The molecule has 2 aliphatic heterocycles. The minimum absolute atomic E-state index is 0. The van der Waals surface area contributed by atoms with Crippen LogP contribution in [0, 0.1) is 0 Å². The monoisotopic (exact) mass is 395 g/mol. The summed E-state index contributed by atoms with van der Waals surface area (Å²) in [5, 5.41) is 7.88. The maximum absolute atomic E-state index is 12.9. The first-order chi connectivity index (χ1) is 12.0. The normalized spacial score (nSPS) is 23.5. The van der Waals surface area contributed by atoms with Crippen molar-refractivity contribution in [2.75, 3.05) is 17.4 Å². The third kappa shape index (κ3) is 3.04. The van der Waals surface area contributed by atoms with E-state index in [9.17, 15) is 13.2 Å². The maximum Gasteiger partial charge on any atom is 0.265 e. The van der Waals surface area contributed by atoms with Crippen LogP contribution in [0.5, 0.6) is 0 Å². The van der Waals surface area contributed by atoms with E-state index in [1.54, 1.807) is 18.2 Å². The number of hydrogen-bond acceptors (Lipinski definition) is 4. The summed E-state index contributed by atoms with van der Waals surface area (Å²) in [5.74, 6) is -0.270. The third-order valence-electron chi connectivity index (χ3n) is 5.08. The molecule has 2 heterocycles. The van der Waals surface area contributed by atoms with Crippen LogP contribution in [-0.2, 0) is 14.8 Å². The van der Waals surface area contributed by atoms with Crippen molar-refractivity contribution >= 4 is 44.8 Å². The Balaban J connectivity index is 0.00000196. The number of nitrogens with one attached hydrogen (secondary N) is 2. The Morgan fingerprint density at radius 2 is 2.00 bits per heavy atom. The summed E-state index contributed by atoms with van der Waals surface area (Å²) in [6.07, 6.45) is 1.91. The molecule has 26 heavy (non-hydrogen) atoms. The molecule has 4 rings (SSSR count). The molecule has 0 saturated carbocycles. The van der Waals surface area contributed by atoms with Gasteiger partial charge in [0.1, 0.15) is 6.54 Å². The Bertz CT molecular complexity index is 943. The lowest BCUT2D eigenvalue weighted by Gasteiger charge is -2.31. The number of benzene rings is 2. The number of nitrogens with zero attached hydrogens (tertiary/aromatic N) is 1. The minimum Gasteiger partial charge on any atom is -0.350 e. The highest BCUT2D eigenvalue weighted by molar-refractivity contribution is 7.93. The van der Waals surface area contributed by atoms with Gasteiger partial charge in [0.05, 0.1) is 10.6 Å². The lowest BCUT2D eigenvalue weighted by molar-refractivity contribution is -0.120. The highest BCUT2D eigenvalue weighted by Gasteiger charge is 2.37. The standard InChI is InChI=1S/C18H21N3O3S.ClH/c1-12-14(7-4-10-19-12)20-17(22)11-21-15-8-2-5-13-6-3-9-16(18(13)15)25(21,23)24;/h2-3,5-6,8-9,12,14,19H,4,7,10-11H2,1H3,(H,20,22);1H. The number of sulfonamides is 1. The topological polar surface area (TPSA) is 78.5 Å². The fourth-order valence-corrected chi connectivity index (χ4v) is 5.42. The number of halogens is 1. The van der Waals surface area contributed by atoms with E-state index in [1.165, 1.54) is 4.31 Å². The zero-order chi connectivity index (χ0) is 17.6. The molecule has 2 atom stereocenters. The summed E-state index contributed by atoms with van der Waals surface area (Å²) in [6.45, 7) is 2.79. The molecule has 8 heteroatoms. The quantitative estimate of drug-likeness (QED) is 0.833. The van der Waals surface area contributed by atoms with Crippen molar-refractivity contribution in [1.29, 1.82) is 0 Å². The third-order valence-corrected chi connectivity index (χ3v) is 6.88. The summed E-state index contributed by atoms with van der Waals surface area (Å²) in [7, 11) is -3.69. The highest BCUT2D eigenvalue weighted by atomic mass is 35.5. The molecule has 2 N–H and O–H groups in total. The number of anilines is 1. The molecule has 1 amide bonds. The van der Waals surface area contributed by atoms with Gasteiger partial charge in [-0.15, -0.1) is 12.4 Å². The second-order valence-electron chi connectivity index (χ2n) is 6.70. The summed E-state index contributed by atoms with van der Waals surface area (Å²) in [4.78, 5) is 12.8. The predicted molar refractivity (Wildman–Crippen MR) is 104 cm³/mol. The molecule has 2 unspecified atom stereocenters. The molecule has 6 nitrogen and oxygen atoms in total. The van der Waals surface area contributed by atoms with E-state index in [4.69, 9.17) is 0 Å². The molecule has 140 valence electrons. The van der Waals surface area contributed by atoms with Gasteiger partial charge in [-0.1, -0.05) is 24.3 Å². The van der Waals surface area contributed by atoms with E-state index < -0.39 is 10.0 Å². The summed E-state index contributed by atoms with van der Waals surface area (Å²) in [5.41, 5.74) is 0.582. The fourth-order valence-electron chi connectivity index (χ4n) is 3.75. The number of rotatable bonds is 3. The van der Waals surface area contributed by atoms with Crippen LogP contribution in [0.3, 0.4) is 0 Å². The molecular weight excluding hydrogens is 374 g/mol. The maximum atomic E-state index is 12.9. The Labute approximate surface area is 159 Å². The van der Waals surface area contributed by atoms with Gasteiger partial charge in [-0.05, 0) is 43.8 Å². The van der Waals surface area contributed by atoms with Gasteiger partial charge in [0.25, 0.3) is 10.0 Å². The SMILES string of the molecule is CC1NCCCC1NC(=O)CN1c2cccc3cccc(c23)S1(=O)=O.Cl. The van der Waals surface area contributed by atoms with Gasteiger partial charge in [0, 0.05) is 17.5 Å². The van der Waals surface area contributed by atoms with Crippen LogP contribution in [0.25, 0.3) is 10.8 Å². The summed E-state index contributed by atoms with van der Waals surface area (Å²) >= 11 is 0. The molecule has 1 saturated heterocycles. The Kier molecular flexibility index (Phi) is 5.14. The lowest BCUT2D eigenvalue weighted by atomic mass is 10.00. The largest absolute Gasteiger partial charge is 0.350 e. The van der Waals surface area contributed by atoms with E-state index >= 15 is 0 Å². The van der Waals surface area contributed by atoms with Gasteiger partial charge in [-0.25, -0.2) is 8.42 Å². The van der Waals surface area contributed by atoms with Crippen molar-refractivity contribution in [3.05, 3.63) is 36.4 Å². The van der Waals surface area contributed by atoms with E-state index in [0.717, 1.165) is 24.8 Å². The number of piperidine rings is 1. The van der Waals surface area contributed by atoms with Crippen LogP contribution in [0.4, 0.5) is 5.69 Å². The van der Waals surface area contributed by atoms with Crippen LogP contribution < -0.4 is 14.9 Å². The van der Waals surface area contributed by atoms with Gasteiger partial charge >= 0.3 is 0 Å². The lowest BCUT2D eigenvalue weighted by Crippen LogP contribution is -2.53. The second kappa shape index (κ2) is 7.06. The molecule has 0 bridgehead atoms. The van der Waals surface area contributed by atoms with Crippen LogP contribution in [-0.4, -0.2) is 39.5 Å². The van der Waals surface area contributed by atoms with E-state index in [2.05, 4.69) is 10.6 Å². The van der Waals surface area contributed by atoms with Gasteiger partial charge in [-0.2, -0.15) is 0 Å². The van der Waals surface area contributed by atoms with E-state index in [0.29, 0.717) is 11.1 Å². The Morgan fingerprint density at radius 1 is 1.27 bits per heavy atom. The first kappa shape index (κ1) is 18.9. The van der Waals surface area contributed by atoms with Gasteiger partial charge < -0.3 is 10.6 Å². The Hall–Kier alpha value is -1.83. The van der Waals surface area contributed by atoms with Crippen molar-refractivity contribution in [1.82, 2.24) is 10.6 Å². The van der Waals surface area contributed by atoms with Crippen LogP contribution in [0.2, 0.25) is 0 Å². The Morgan fingerprint density at radius 3 is 2.73 bits per heavy atom. The zero-order valence-electron chi connectivity index (χ0n) is 14.4. The predicted octanol–water partition coefficient (Wildman–Crippen LogP) is 2.03. The average Bonchev–Trinajstić information content (AvgIpc) is 2.81.